The van der Waals surface area contributed by atoms with Crippen LogP contribution >= 0.6 is 0 Å². The van der Waals surface area contributed by atoms with Crippen LogP contribution in [0.3, 0.4) is 0 Å². The van der Waals surface area contributed by atoms with Gasteiger partial charge in [0, 0.05) is 18.3 Å². The molecular formula is C16H16N2O6. The Balaban J connectivity index is 1.95. The summed E-state index contributed by atoms with van der Waals surface area (Å²) in [5, 5.41) is 19.6. The number of aromatic nitrogens is 1. The summed E-state index contributed by atoms with van der Waals surface area (Å²) in [6.45, 7) is 2.29. The summed E-state index contributed by atoms with van der Waals surface area (Å²) in [7, 11) is 0. The van der Waals surface area contributed by atoms with E-state index in [1.807, 2.05) is 0 Å². The van der Waals surface area contributed by atoms with E-state index in [1.54, 1.807) is 19.1 Å². The Kier molecular flexibility index (Phi) is 5.31. The third-order valence-electron chi connectivity index (χ3n) is 3.47. The minimum Gasteiger partial charge on any atom is -0.494 e. The lowest BCUT2D eigenvalue weighted by atomic mass is 10.2. The third-order valence-corrected chi connectivity index (χ3v) is 3.47. The molecule has 1 N–H and O–H groups in total. The molecule has 8 heteroatoms. The Morgan fingerprint density at radius 3 is 2.50 bits per heavy atom. The van der Waals surface area contributed by atoms with E-state index >= 15 is 0 Å². The highest BCUT2D eigenvalue weighted by Crippen LogP contribution is 2.13. The van der Waals surface area contributed by atoms with Gasteiger partial charge >= 0.3 is 17.2 Å². The number of hydrogen-bond acceptors (Lipinski definition) is 5. The van der Waals surface area contributed by atoms with E-state index in [1.165, 1.54) is 28.8 Å². The normalized spacial score (nSPS) is 10.4. The summed E-state index contributed by atoms with van der Waals surface area (Å²) >= 11 is 0. The van der Waals surface area contributed by atoms with E-state index in [2.05, 4.69) is 0 Å². The van der Waals surface area contributed by atoms with E-state index in [0.717, 1.165) is 0 Å². The molecule has 2 aromatic rings. The summed E-state index contributed by atoms with van der Waals surface area (Å²) in [6, 6.07) is 8.71. The zero-order chi connectivity index (χ0) is 17.7. The number of carboxylic acid groups (broad SMARTS) is 1. The minimum atomic E-state index is -1.01. The SMILES string of the molecule is Cc1ccc([N+](=O)[O-])c(=O)n1CCCOc1ccc(C(=O)O)cc1. The van der Waals surface area contributed by atoms with Gasteiger partial charge in [-0.15, -0.1) is 0 Å². The second-order valence-corrected chi connectivity index (χ2v) is 5.11. The molecule has 0 atom stereocenters. The number of ether oxygens (including phenoxy) is 1. The van der Waals surface area contributed by atoms with Crippen molar-refractivity contribution in [2.45, 2.75) is 19.9 Å². The van der Waals surface area contributed by atoms with Crippen LogP contribution in [0.4, 0.5) is 5.69 Å². The molecule has 0 aliphatic heterocycles. The quantitative estimate of drug-likeness (QED) is 0.473. The second kappa shape index (κ2) is 7.40. The van der Waals surface area contributed by atoms with Crippen LogP contribution in [0.1, 0.15) is 22.5 Å². The number of pyridine rings is 1. The van der Waals surface area contributed by atoms with Crippen LogP contribution < -0.4 is 10.3 Å². The first-order valence-corrected chi connectivity index (χ1v) is 7.21. The topological polar surface area (TPSA) is 112 Å². The fourth-order valence-electron chi connectivity index (χ4n) is 2.18. The van der Waals surface area contributed by atoms with Crippen molar-refractivity contribution in [3.8, 4) is 5.75 Å². The number of aromatic carboxylic acids is 1. The molecule has 0 aliphatic rings. The first-order chi connectivity index (χ1) is 11.4. The lowest BCUT2D eigenvalue weighted by Gasteiger charge is -2.10. The maximum absolute atomic E-state index is 12.0. The van der Waals surface area contributed by atoms with Crippen LogP contribution in [0.25, 0.3) is 0 Å². The Labute approximate surface area is 137 Å². The molecule has 0 saturated heterocycles. The van der Waals surface area contributed by atoms with Gasteiger partial charge in [0.1, 0.15) is 5.75 Å². The van der Waals surface area contributed by atoms with Crippen molar-refractivity contribution in [1.29, 1.82) is 0 Å². The summed E-state index contributed by atoms with van der Waals surface area (Å²) in [5.74, 6) is -0.495. The van der Waals surface area contributed by atoms with Gasteiger partial charge in [-0.2, -0.15) is 0 Å². The molecule has 0 unspecified atom stereocenters. The van der Waals surface area contributed by atoms with Crippen molar-refractivity contribution in [3.63, 3.8) is 0 Å². The molecule has 1 aromatic carbocycles. The monoisotopic (exact) mass is 332 g/mol. The van der Waals surface area contributed by atoms with Gasteiger partial charge in [-0.1, -0.05) is 0 Å². The Morgan fingerprint density at radius 2 is 1.92 bits per heavy atom. The molecule has 1 heterocycles. The van der Waals surface area contributed by atoms with Crippen LogP contribution in [-0.4, -0.2) is 27.2 Å². The van der Waals surface area contributed by atoms with Crippen LogP contribution in [0, 0.1) is 17.0 Å². The predicted octanol–water partition coefficient (Wildman–Crippen LogP) is 2.23. The summed E-state index contributed by atoms with van der Waals surface area (Å²) in [6.07, 6.45) is 0.475. The van der Waals surface area contributed by atoms with Crippen LogP contribution in [0.15, 0.2) is 41.2 Å². The van der Waals surface area contributed by atoms with Crippen molar-refractivity contribution in [3.05, 3.63) is 68.1 Å². The number of rotatable bonds is 7. The van der Waals surface area contributed by atoms with Crippen molar-refractivity contribution in [1.82, 2.24) is 4.57 Å². The molecule has 0 aliphatic carbocycles. The molecule has 24 heavy (non-hydrogen) atoms. The Bertz CT molecular complexity index is 810. The summed E-state index contributed by atoms with van der Waals surface area (Å²) in [5.41, 5.74) is -0.283. The molecule has 0 saturated carbocycles. The van der Waals surface area contributed by atoms with Gasteiger partial charge in [0.25, 0.3) is 0 Å². The van der Waals surface area contributed by atoms with E-state index in [0.29, 0.717) is 31.0 Å². The van der Waals surface area contributed by atoms with Crippen molar-refractivity contribution in [2.24, 2.45) is 0 Å². The second-order valence-electron chi connectivity index (χ2n) is 5.11. The molecule has 2 rings (SSSR count). The zero-order valence-corrected chi connectivity index (χ0v) is 13.0. The number of hydrogen-bond donors (Lipinski definition) is 1. The first-order valence-electron chi connectivity index (χ1n) is 7.21. The number of carbonyl (C=O) groups is 1. The van der Waals surface area contributed by atoms with E-state index < -0.39 is 22.1 Å². The van der Waals surface area contributed by atoms with Crippen molar-refractivity contribution < 1.29 is 19.6 Å². The number of aryl methyl sites for hydroxylation is 1. The van der Waals surface area contributed by atoms with Crippen LogP contribution in [-0.2, 0) is 6.54 Å². The molecule has 8 nitrogen and oxygen atoms in total. The van der Waals surface area contributed by atoms with Gasteiger partial charge in [-0.25, -0.2) is 4.79 Å². The molecule has 0 spiro atoms. The van der Waals surface area contributed by atoms with Gasteiger partial charge in [0.15, 0.2) is 0 Å². The summed E-state index contributed by atoms with van der Waals surface area (Å²) in [4.78, 5) is 32.9. The average Bonchev–Trinajstić information content (AvgIpc) is 2.54. The number of carboxylic acids is 1. The molecule has 1 aromatic heterocycles. The zero-order valence-electron chi connectivity index (χ0n) is 13.0. The Hall–Kier alpha value is -3.16. The van der Waals surface area contributed by atoms with Crippen molar-refractivity contribution in [2.75, 3.05) is 6.61 Å². The van der Waals surface area contributed by atoms with E-state index in [4.69, 9.17) is 9.84 Å². The van der Waals surface area contributed by atoms with Gasteiger partial charge in [0.05, 0.1) is 17.1 Å². The third kappa shape index (κ3) is 3.97. The molecule has 0 bridgehead atoms. The first kappa shape index (κ1) is 17.2. The minimum absolute atomic E-state index is 0.168. The highest BCUT2D eigenvalue weighted by Gasteiger charge is 2.15. The van der Waals surface area contributed by atoms with Gasteiger partial charge in [-0.3, -0.25) is 14.9 Å². The fraction of sp³-hybridized carbons (Fsp3) is 0.250. The van der Waals surface area contributed by atoms with Crippen LogP contribution in [0.2, 0.25) is 0 Å². The van der Waals surface area contributed by atoms with Gasteiger partial charge in [0.2, 0.25) is 0 Å². The van der Waals surface area contributed by atoms with Gasteiger partial charge in [-0.05, 0) is 43.7 Å². The maximum atomic E-state index is 12.0. The predicted molar refractivity (Wildman–Crippen MR) is 85.6 cm³/mol. The highest BCUT2D eigenvalue weighted by atomic mass is 16.6. The average molecular weight is 332 g/mol. The fourth-order valence-corrected chi connectivity index (χ4v) is 2.18. The largest absolute Gasteiger partial charge is 0.494 e. The Morgan fingerprint density at radius 1 is 1.25 bits per heavy atom. The molecular weight excluding hydrogens is 316 g/mol. The van der Waals surface area contributed by atoms with E-state index in [9.17, 15) is 19.7 Å². The van der Waals surface area contributed by atoms with Crippen molar-refractivity contribution >= 4 is 11.7 Å². The molecule has 0 fully saturated rings. The molecule has 126 valence electrons. The smallest absolute Gasteiger partial charge is 0.335 e. The van der Waals surface area contributed by atoms with Crippen LogP contribution in [0.5, 0.6) is 5.75 Å². The summed E-state index contributed by atoms with van der Waals surface area (Å²) < 4.78 is 6.82. The number of benzene rings is 1. The molecule has 0 radical (unpaired) electrons. The standard InChI is InChI=1S/C16H16N2O6/c1-11-3-8-14(18(22)23)15(19)17(11)9-2-10-24-13-6-4-12(5-7-13)16(20)21/h3-8H,2,9-10H2,1H3,(H,20,21). The maximum Gasteiger partial charge on any atom is 0.335 e. The number of nitro groups is 1. The number of nitrogens with zero attached hydrogens (tertiary/aromatic N) is 2. The van der Waals surface area contributed by atoms with Gasteiger partial charge < -0.3 is 14.4 Å². The lowest BCUT2D eigenvalue weighted by molar-refractivity contribution is -0.386. The lowest BCUT2D eigenvalue weighted by Crippen LogP contribution is -2.25. The van der Waals surface area contributed by atoms with E-state index in [-0.39, 0.29) is 5.56 Å². The highest BCUT2D eigenvalue weighted by molar-refractivity contribution is 5.87. The molecule has 0 amide bonds.